The molecule has 0 saturated carbocycles. The van der Waals surface area contributed by atoms with Crippen LogP contribution in [0.25, 0.3) is 0 Å². The van der Waals surface area contributed by atoms with Gasteiger partial charge in [-0.1, -0.05) is 19.1 Å². The van der Waals surface area contributed by atoms with Crippen molar-refractivity contribution in [3.63, 3.8) is 0 Å². The van der Waals surface area contributed by atoms with Crippen molar-refractivity contribution in [3.05, 3.63) is 29.3 Å². The minimum atomic E-state index is -0.690. The molecule has 0 radical (unpaired) electrons. The smallest absolute Gasteiger partial charge is 0.306 e. The van der Waals surface area contributed by atoms with Gasteiger partial charge in [0.15, 0.2) is 0 Å². The van der Waals surface area contributed by atoms with Crippen LogP contribution in [0.2, 0.25) is 0 Å². The van der Waals surface area contributed by atoms with Crippen LogP contribution in [-0.4, -0.2) is 24.7 Å². The number of carboxylic acids is 1. The van der Waals surface area contributed by atoms with E-state index in [4.69, 9.17) is 5.11 Å². The van der Waals surface area contributed by atoms with Crippen LogP contribution in [0, 0.1) is 5.92 Å². The fourth-order valence-corrected chi connectivity index (χ4v) is 2.44. The number of hydrogen-bond acceptors (Lipinski definition) is 2. The number of carboxylic acid groups (broad SMARTS) is 1. The fourth-order valence-electron chi connectivity index (χ4n) is 2.44. The lowest BCUT2D eigenvalue weighted by Crippen LogP contribution is -2.15. The molecule has 0 aliphatic carbocycles. The molecule has 1 aromatic rings. The highest BCUT2D eigenvalue weighted by molar-refractivity contribution is 5.70. The highest BCUT2D eigenvalue weighted by atomic mass is 16.4. The summed E-state index contributed by atoms with van der Waals surface area (Å²) in [7, 11) is 2.09. The molecule has 0 spiro atoms. The molecular weight excluding hydrogens is 214 g/mol. The summed E-state index contributed by atoms with van der Waals surface area (Å²) in [5.41, 5.74) is 3.79. The van der Waals surface area contributed by atoms with Crippen molar-refractivity contribution in [2.75, 3.05) is 18.5 Å². The number of likely N-dealkylation sites (N-methyl/N-ethyl adjacent to an activating group) is 1. The minimum absolute atomic E-state index is 0.257. The fraction of sp³-hybridized carbons (Fsp3) is 0.500. The van der Waals surface area contributed by atoms with E-state index in [0.29, 0.717) is 12.8 Å². The first-order chi connectivity index (χ1) is 8.11. The predicted molar refractivity (Wildman–Crippen MR) is 68.5 cm³/mol. The molecule has 0 saturated heterocycles. The van der Waals surface area contributed by atoms with E-state index in [9.17, 15) is 4.79 Å². The Balaban J connectivity index is 2.16. The molecule has 1 N–H and O–H groups in total. The predicted octanol–water partition coefficient (Wildman–Crippen LogP) is 2.33. The van der Waals surface area contributed by atoms with Crippen molar-refractivity contribution in [2.45, 2.75) is 26.2 Å². The second kappa shape index (κ2) is 4.78. The van der Waals surface area contributed by atoms with Gasteiger partial charge in [-0.15, -0.1) is 0 Å². The van der Waals surface area contributed by atoms with Gasteiger partial charge in [0.2, 0.25) is 0 Å². The Morgan fingerprint density at radius 1 is 1.53 bits per heavy atom. The van der Waals surface area contributed by atoms with Gasteiger partial charge in [0.05, 0.1) is 5.92 Å². The third-order valence-corrected chi connectivity index (χ3v) is 3.60. The molecular formula is C14H19NO2. The van der Waals surface area contributed by atoms with Gasteiger partial charge < -0.3 is 10.0 Å². The molecule has 92 valence electrons. The Morgan fingerprint density at radius 2 is 2.29 bits per heavy atom. The number of carbonyl (C=O) groups is 1. The first kappa shape index (κ1) is 12.0. The molecule has 0 amide bonds. The zero-order valence-corrected chi connectivity index (χ0v) is 10.4. The topological polar surface area (TPSA) is 40.5 Å². The summed E-state index contributed by atoms with van der Waals surface area (Å²) in [5.74, 6) is -0.947. The lowest BCUT2D eigenvalue weighted by Gasteiger charge is -2.13. The average Bonchev–Trinajstić information content (AvgIpc) is 2.67. The molecule has 1 aliphatic heterocycles. The van der Waals surface area contributed by atoms with Crippen molar-refractivity contribution in [3.8, 4) is 0 Å². The summed E-state index contributed by atoms with van der Waals surface area (Å²) < 4.78 is 0. The second-order valence-corrected chi connectivity index (χ2v) is 4.78. The lowest BCUT2D eigenvalue weighted by atomic mass is 9.95. The van der Waals surface area contributed by atoms with Gasteiger partial charge >= 0.3 is 5.97 Å². The van der Waals surface area contributed by atoms with Gasteiger partial charge in [0.1, 0.15) is 0 Å². The number of nitrogens with zero attached hydrogens (tertiary/aromatic N) is 1. The van der Waals surface area contributed by atoms with Crippen LogP contribution in [0.3, 0.4) is 0 Å². The average molecular weight is 233 g/mol. The number of hydrogen-bond donors (Lipinski definition) is 1. The van der Waals surface area contributed by atoms with Gasteiger partial charge in [0, 0.05) is 19.3 Å². The van der Waals surface area contributed by atoms with Crippen LogP contribution < -0.4 is 4.90 Å². The maximum atomic E-state index is 11.0. The Morgan fingerprint density at radius 3 is 2.94 bits per heavy atom. The zero-order valence-electron chi connectivity index (χ0n) is 10.4. The van der Waals surface area contributed by atoms with Crippen molar-refractivity contribution in [1.82, 2.24) is 0 Å². The summed E-state index contributed by atoms with van der Waals surface area (Å²) in [4.78, 5) is 13.3. The van der Waals surface area contributed by atoms with Crippen LogP contribution in [0.15, 0.2) is 18.2 Å². The van der Waals surface area contributed by atoms with E-state index in [1.165, 1.54) is 11.3 Å². The van der Waals surface area contributed by atoms with E-state index >= 15 is 0 Å². The second-order valence-electron chi connectivity index (χ2n) is 4.78. The largest absolute Gasteiger partial charge is 0.481 e. The van der Waals surface area contributed by atoms with Crippen molar-refractivity contribution in [2.24, 2.45) is 5.92 Å². The van der Waals surface area contributed by atoms with Crippen LogP contribution >= 0.6 is 0 Å². The highest BCUT2D eigenvalue weighted by Gasteiger charge is 2.19. The summed E-state index contributed by atoms with van der Waals surface area (Å²) in [6.45, 7) is 2.99. The first-order valence-corrected chi connectivity index (χ1v) is 6.17. The third kappa shape index (κ3) is 2.43. The van der Waals surface area contributed by atoms with E-state index in [2.05, 4.69) is 30.1 Å². The molecule has 17 heavy (non-hydrogen) atoms. The lowest BCUT2D eigenvalue weighted by molar-refractivity contribution is -0.141. The molecule has 0 fully saturated rings. The number of anilines is 1. The number of aliphatic carboxylic acids is 1. The Kier molecular flexibility index (Phi) is 3.36. The standard InChI is InChI=1S/C14H19NO2/c1-3-11(14(16)17)8-10-4-5-13-12(9-10)6-7-15(13)2/h4-5,9,11H,3,6-8H2,1-2H3,(H,16,17). The van der Waals surface area contributed by atoms with E-state index < -0.39 is 5.97 Å². The van der Waals surface area contributed by atoms with Crippen LogP contribution in [0.1, 0.15) is 24.5 Å². The number of rotatable bonds is 4. The SMILES string of the molecule is CCC(Cc1ccc2c(c1)CCN2C)C(=O)O. The van der Waals surface area contributed by atoms with Crippen molar-refractivity contribution >= 4 is 11.7 Å². The number of benzene rings is 1. The normalized spacial score (nSPS) is 15.8. The molecule has 1 heterocycles. The Hall–Kier alpha value is -1.51. The molecule has 0 aromatic heterocycles. The number of fused-ring (bicyclic) bond motifs is 1. The third-order valence-electron chi connectivity index (χ3n) is 3.60. The first-order valence-electron chi connectivity index (χ1n) is 6.17. The van der Waals surface area contributed by atoms with Crippen LogP contribution in [-0.2, 0) is 17.6 Å². The van der Waals surface area contributed by atoms with E-state index in [-0.39, 0.29) is 5.92 Å². The molecule has 1 unspecified atom stereocenters. The summed E-state index contributed by atoms with van der Waals surface area (Å²) >= 11 is 0. The van der Waals surface area contributed by atoms with Gasteiger partial charge in [-0.3, -0.25) is 4.79 Å². The Bertz CT molecular complexity index is 428. The Labute approximate surface area is 102 Å². The molecule has 1 aromatic carbocycles. The van der Waals surface area contributed by atoms with E-state index in [1.54, 1.807) is 0 Å². The van der Waals surface area contributed by atoms with E-state index in [0.717, 1.165) is 18.5 Å². The van der Waals surface area contributed by atoms with E-state index in [1.807, 2.05) is 6.92 Å². The zero-order chi connectivity index (χ0) is 12.4. The molecule has 1 atom stereocenters. The highest BCUT2D eigenvalue weighted by Crippen LogP contribution is 2.28. The molecule has 3 heteroatoms. The quantitative estimate of drug-likeness (QED) is 0.867. The van der Waals surface area contributed by atoms with Crippen molar-refractivity contribution in [1.29, 1.82) is 0 Å². The van der Waals surface area contributed by atoms with Gasteiger partial charge in [-0.2, -0.15) is 0 Å². The summed E-state index contributed by atoms with van der Waals surface area (Å²) in [6.07, 6.45) is 2.40. The molecule has 2 rings (SSSR count). The summed E-state index contributed by atoms with van der Waals surface area (Å²) in [5, 5.41) is 9.06. The minimum Gasteiger partial charge on any atom is -0.481 e. The van der Waals surface area contributed by atoms with Crippen LogP contribution in [0.5, 0.6) is 0 Å². The van der Waals surface area contributed by atoms with Gasteiger partial charge in [-0.05, 0) is 36.5 Å². The molecule has 3 nitrogen and oxygen atoms in total. The van der Waals surface area contributed by atoms with Crippen molar-refractivity contribution < 1.29 is 9.90 Å². The van der Waals surface area contributed by atoms with Gasteiger partial charge in [0.25, 0.3) is 0 Å². The van der Waals surface area contributed by atoms with Crippen LogP contribution in [0.4, 0.5) is 5.69 Å². The maximum Gasteiger partial charge on any atom is 0.306 e. The van der Waals surface area contributed by atoms with Gasteiger partial charge in [-0.25, -0.2) is 0 Å². The monoisotopic (exact) mass is 233 g/mol. The molecule has 1 aliphatic rings. The molecule has 0 bridgehead atoms. The maximum absolute atomic E-state index is 11.0. The summed E-state index contributed by atoms with van der Waals surface area (Å²) in [6, 6.07) is 6.35.